The van der Waals surface area contributed by atoms with Crippen molar-refractivity contribution in [3.05, 3.63) is 84.2 Å². The summed E-state index contributed by atoms with van der Waals surface area (Å²) in [5.41, 5.74) is 2.36. The number of hydrogen-bond donors (Lipinski definition) is 1. The number of nitrogens with zero attached hydrogens (tertiary/aromatic N) is 3. The lowest BCUT2D eigenvalue weighted by atomic mass is 10.2. The zero-order valence-electron chi connectivity index (χ0n) is 15.8. The Bertz CT molecular complexity index is 1010. The number of nitrogens with one attached hydrogen (secondary N) is 1. The largest absolute Gasteiger partial charge is 0.457 e. The Morgan fingerprint density at radius 3 is 2.24 bits per heavy atom. The molecule has 0 saturated heterocycles. The van der Waals surface area contributed by atoms with Crippen LogP contribution in [0, 0.1) is 11.3 Å². The van der Waals surface area contributed by atoms with Crippen LogP contribution in [0.4, 0.5) is 10.5 Å². The summed E-state index contributed by atoms with van der Waals surface area (Å²) in [6.45, 7) is 0.568. The van der Waals surface area contributed by atoms with Crippen molar-refractivity contribution in [2.24, 2.45) is 0 Å². The minimum absolute atomic E-state index is 0.106. The first-order valence-electron chi connectivity index (χ1n) is 9.46. The van der Waals surface area contributed by atoms with E-state index in [4.69, 9.17) is 10.00 Å². The molecule has 1 aliphatic carbocycles. The van der Waals surface area contributed by atoms with Crippen molar-refractivity contribution >= 4 is 11.7 Å². The number of hydrogen-bond acceptors (Lipinski definition) is 4. The topological polar surface area (TPSA) is 78.2 Å². The molecule has 6 heteroatoms. The summed E-state index contributed by atoms with van der Waals surface area (Å²) in [6.07, 6.45) is 5.56. The number of urea groups is 1. The highest BCUT2D eigenvalue weighted by Gasteiger charge is 2.32. The van der Waals surface area contributed by atoms with Gasteiger partial charge in [-0.05, 0) is 79.1 Å². The third kappa shape index (κ3) is 4.90. The summed E-state index contributed by atoms with van der Waals surface area (Å²) in [5, 5.41) is 11.8. The molecule has 1 aliphatic rings. The van der Waals surface area contributed by atoms with E-state index >= 15 is 0 Å². The van der Waals surface area contributed by atoms with Gasteiger partial charge in [-0.2, -0.15) is 5.26 Å². The molecule has 0 spiro atoms. The zero-order valence-corrected chi connectivity index (χ0v) is 15.8. The number of carbonyl (C=O) groups excluding carboxylic acids is 1. The van der Waals surface area contributed by atoms with E-state index in [0.29, 0.717) is 35.3 Å². The predicted molar refractivity (Wildman–Crippen MR) is 109 cm³/mol. The lowest BCUT2D eigenvalue weighted by Crippen LogP contribution is -2.36. The Morgan fingerprint density at radius 1 is 1.03 bits per heavy atom. The number of nitriles is 1. The van der Waals surface area contributed by atoms with Gasteiger partial charge in [0.25, 0.3) is 0 Å². The maximum absolute atomic E-state index is 12.8. The van der Waals surface area contributed by atoms with Crippen molar-refractivity contribution in [3.63, 3.8) is 0 Å². The summed E-state index contributed by atoms with van der Waals surface area (Å²) in [5.74, 6) is 1.31. The first-order chi connectivity index (χ1) is 14.2. The number of carbonyl (C=O) groups is 1. The summed E-state index contributed by atoms with van der Waals surface area (Å²) < 4.78 is 5.77. The van der Waals surface area contributed by atoms with Gasteiger partial charge in [0.15, 0.2) is 0 Å². The van der Waals surface area contributed by atoms with Crippen molar-refractivity contribution in [3.8, 4) is 17.6 Å². The molecule has 0 unspecified atom stereocenters. The Morgan fingerprint density at radius 2 is 1.66 bits per heavy atom. The van der Waals surface area contributed by atoms with E-state index in [-0.39, 0.29) is 6.03 Å². The van der Waals surface area contributed by atoms with Crippen LogP contribution in [0.25, 0.3) is 0 Å². The van der Waals surface area contributed by atoms with E-state index in [1.807, 2.05) is 29.2 Å². The smallest absolute Gasteiger partial charge is 0.322 e. The fraction of sp³-hybridized carbons (Fsp3) is 0.174. The highest BCUT2D eigenvalue weighted by Crippen LogP contribution is 2.29. The fourth-order valence-corrected chi connectivity index (χ4v) is 2.97. The molecule has 0 aliphatic heterocycles. The van der Waals surface area contributed by atoms with Crippen LogP contribution in [0.5, 0.6) is 11.5 Å². The monoisotopic (exact) mass is 384 g/mol. The second kappa shape index (κ2) is 8.44. The van der Waals surface area contributed by atoms with Gasteiger partial charge in [-0.15, -0.1) is 0 Å². The van der Waals surface area contributed by atoms with Crippen LogP contribution in [-0.2, 0) is 6.54 Å². The van der Waals surface area contributed by atoms with Crippen molar-refractivity contribution in [1.82, 2.24) is 9.88 Å². The van der Waals surface area contributed by atoms with Gasteiger partial charge in [0.2, 0.25) is 0 Å². The minimum atomic E-state index is -0.106. The normalized spacial score (nSPS) is 12.7. The molecule has 0 bridgehead atoms. The molecular weight excluding hydrogens is 364 g/mol. The van der Waals surface area contributed by atoms with Crippen LogP contribution in [0.15, 0.2) is 73.1 Å². The van der Waals surface area contributed by atoms with Gasteiger partial charge in [-0.25, -0.2) is 4.79 Å². The van der Waals surface area contributed by atoms with E-state index in [0.717, 1.165) is 18.4 Å². The average Bonchev–Trinajstić information content (AvgIpc) is 3.60. The van der Waals surface area contributed by atoms with Crippen LogP contribution in [0.1, 0.15) is 24.0 Å². The Balaban J connectivity index is 1.38. The van der Waals surface area contributed by atoms with E-state index in [1.54, 1.807) is 48.8 Å². The molecule has 0 radical (unpaired) electrons. The average molecular weight is 384 g/mol. The van der Waals surface area contributed by atoms with Crippen molar-refractivity contribution in [2.75, 3.05) is 5.32 Å². The van der Waals surface area contributed by atoms with E-state index in [2.05, 4.69) is 16.4 Å². The second-order valence-electron chi connectivity index (χ2n) is 6.91. The minimum Gasteiger partial charge on any atom is -0.457 e. The molecule has 2 amide bonds. The predicted octanol–water partition coefficient (Wildman–Crippen LogP) is 4.94. The molecule has 1 fully saturated rings. The summed E-state index contributed by atoms with van der Waals surface area (Å²) in [6, 6.07) is 20.3. The highest BCUT2D eigenvalue weighted by molar-refractivity contribution is 5.89. The second-order valence-corrected chi connectivity index (χ2v) is 6.91. The number of benzene rings is 2. The Labute approximate surface area is 169 Å². The van der Waals surface area contributed by atoms with Gasteiger partial charge in [-0.1, -0.05) is 0 Å². The molecule has 144 valence electrons. The van der Waals surface area contributed by atoms with Gasteiger partial charge in [0.1, 0.15) is 11.5 Å². The maximum Gasteiger partial charge on any atom is 0.322 e. The van der Waals surface area contributed by atoms with Crippen LogP contribution < -0.4 is 10.1 Å². The Hall–Kier alpha value is -3.85. The third-order valence-electron chi connectivity index (χ3n) is 4.68. The fourth-order valence-electron chi connectivity index (χ4n) is 2.97. The van der Waals surface area contributed by atoms with Gasteiger partial charge >= 0.3 is 6.03 Å². The number of rotatable bonds is 6. The standard InChI is InChI=1S/C23H20N4O2/c24-15-17-1-7-21(8-2-17)29-22-9-3-19(4-10-22)26-23(28)27(20-5-6-20)16-18-11-13-25-14-12-18/h1-4,7-14,20H,5-6,16H2,(H,26,28). The molecule has 0 atom stereocenters. The highest BCUT2D eigenvalue weighted by atomic mass is 16.5. The zero-order chi connectivity index (χ0) is 20.1. The molecule has 4 rings (SSSR count). The SMILES string of the molecule is N#Cc1ccc(Oc2ccc(NC(=O)N(Cc3ccncc3)C3CC3)cc2)cc1. The quantitative estimate of drug-likeness (QED) is 0.653. The molecule has 1 aromatic heterocycles. The number of anilines is 1. The third-order valence-corrected chi connectivity index (χ3v) is 4.68. The molecule has 2 aromatic carbocycles. The Kier molecular flexibility index (Phi) is 5.39. The summed E-state index contributed by atoms with van der Waals surface area (Å²) in [7, 11) is 0. The maximum atomic E-state index is 12.8. The molecule has 1 N–H and O–H groups in total. The first-order valence-corrected chi connectivity index (χ1v) is 9.46. The van der Waals surface area contributed by atoms with Crippen LogP contribution in [0.2, 0.25) is 0 Å². The van der Waals surface area contributed by atoms with Crippen molar-refractivity contribution in [2.45, 2.75) is 25.4 Å². The van der Waals surface area contributed by atoms with Crippen LogP contribution in [0.3, 0.4) is 0 Å². The molecular formula is C23H20N4O2. The van der Waals surface area contributed by atoms with Crippen LogP contribution >= 0.6 is 0 Å². The number of amides is 2. The molecule has 3 aromatic rings. The molecule has 6 nitrogen and oxygen atoms in total. The number of pyridine rings is 1. The van der Waals surface area contributed by atoms with E-state index < -0.39 is 0 Å². The number of ether oxygens (including phenoxy) is 1. The van der Waals surface area contributed by atoms with Crippen molar-refractivity contribution < 1.29 is 9.53 Å². The summed E-state index contributed by atoms with van der Waals surface area (Å²) in [4.78, 5) is 18.7. The van der Waals surface area contributed by atoms with Gasteiger partial charge in [0.05, 0.1) is 11.6 Å². The van der Waals surface area contributed by atoms with E-state index in [9.17, 15) is 4.79 Å². The van der Waals surface area contributed by atoms with E-state index in [1.165, 1.54) is 0 Å². The van der Waals surface area contributed by atoms with Crippen LogP contribution in [-0.4, -0.2) is 22.0 Å². The van der Waals surface area contributed by atoms with Gasteiger partial charge in [-0.3, -0.25) is 4.98 Å². The molecule has 29 heavy (non-hydrogen) atoms. The lowest BCUT2D eigenvalue weighted by Gasteiger charge is -2.23. The van der Waals surface area contributed by atoms with Gasteiger partial charge in [0, 0.05) is 30.7 Å². The first kappa shape index (κ1) is 18.5. The summed E-state index contributed by atoms with van der Waals surface area (Å²) >= 11 is 0. The molecule has 1 heterocycles. The molecule has 1 saturated carbocycles. The van der Waals surface area contributed by atoms with Crippen molar-refractivity contribution in [1.29, 1.82) is 5.26 Å². The number of aromatic nitrogens is 1. The van der Waals surface area contributed by atoms with Gasteiger partial charge < -0.3 is 15.0 Å². The lowest BCUT2D eigenvalue weighted by molar-refractivity contribution is 0.206.